The molecule has 13 heavy (non-hydrogen) atoms. The molecule has 0 amide bonds. The molecule has 4 nitrogen and oxygen atoms in total. The molecule has 0 spiro atoms. The maximum absolute atomic E-state index is 10.7. The van der Waals surface area contributed by atoms with Crippen molar-refractivity contribution >= 4 is 17.7 Å². The number of hydrogen-bond donors (Lipinski definition) is 1. The summed E-state index contributed by atoms with van der Waals surface area (Å²) >= 11 is 1.28. The van der Waals surface area contributed by atoms with Crippen LogP contribution in [0.3, 0.4) is 0 Å². The molecule has 1 N–H and O–H groups in total. The highest BCUT2D eigenvalue weighted by Gasteiger charge is 2.18. The molecule has 1 rings (SSSR count). The summed E-state index contributed by atoms with van der Waals surface area (Å²) in [5, 5.41) is 9.15. The predicted molar refractivity (Wildman–Crippen MR) is 50.8 cm³/mol. The van der Waals surface area contributed by atoms with Gasteiger partial charge in [0.1, 0.15) is 5.25 Å². The minimum absolute atomic E-state index is 0.402. The maximum Gasteiger partial charge on any atom is 0.317 e. The molecule has 0 aliphatic rings. The summed E-state index contributed by atoms with van der Waals surface area (Å²) in [6.07, 6.45) is 4.07. The Morgan fingerprint density at radius 3 is 2.92 bits per heavy atom. The van der Waals surface area contributed by atoms with E-state index in [0.29, 0.717) is 6.42 Å². The predicted octanol–water partition coefficient (Wildman–Crippen LogP) is 1.38. The van der Waals surface area contributed by atoms with Crippen LogP contribution >= 0.6 is 11.8 Å². The quantitative estimate of drug-likeness (QED) is 0.746. The number of carboxylic acid groups (broad SMARTS) is 1. The SMILES string of the molecule is CC[C@@H](Sc1nccn1C)C(=O)O. The van der Waals surface area contributed by atoms with Crippen LogP contribution in [0.2, 0.25) is 0 Å². The number of aromatic nitrogens is 2. The lowest BCUT2D eigenvalue weighted by atomic mass is 10.3. The number of carboxylic acids is 1. The third kappa shape index (κ3) is 2.48. The van der Waals surface area contributed by atoms with Crippen molar-refractivity contribution in [1.29, 1.82) is 0 Å². The molecule has 0 radical (unpaired) electrons. The van der Waals surface area contributed by atoms with Gasteiger partial charge in [-0.1, -0.05) is 18.7 Å². The lowest BCUT2D eigenvalue weighted by Crippen LogP contribution is -2.15. The van der Waals surface area contributed by atoms with Gasteiger partial charge in [0.05, 0.1) is 0 Å². The molecule has 5 heteroatoms. The van der Waals surface area contributed by atoms with Crippen molar-refractivity contribution in [2.45, 2.75) is 23.8 Å². The van der Waals surface area contributed by atoms with Crippen molar-refractivity contribution in [2.75, 3.05) is 0 Å². The van der Waals surface area contributed by atoms with Crippen LogP contribution in [0.15, 0.2) is 17.6 Å². The Morgan fingerprint density at radius 2 is 2.54 bits per heavy atom. The molecule has 72 valence electrons. The first kappa shape index (κ1) is 10.1. The first-order valence-corrected chi connectivity index (χ1v) is 4.90. The molecule has 0 saturated carbocycles. The molecule has 0 unspecified atom stereocenters. The van der Waals surface area contributed by atoms with E-state index in [4.69, 9.17) is 5.11 Å². The normalized spacial score (nSPS) is 12.8. The number of thioether (sulfide) groups is 1. The van der Waals surface area contributed by atoms with Crippen LogP contribution in [0.5, 0.6) is 0 Å². The molecule has 0 aliphatic heterocycles. The molecule has 0 saturated heterocycles. The monoisotopic (exact) mass is 200 g/mol. The summed E-state index contributed by atoms with van der Waals surface area (Å²) in [7, 11) is 1.85. The standard InChI is InChI=1S/C8H12N2O2S/c1-3-6(7(11)12)13-8-9-4-5-10(8)2/h4-6H,3H2,1-2H3,(H,11,12)/t6-/m1/s1. The van der Waals surface area contributed by atoms with Gasteiger partial charge in [-0.05, 0) is 6.42 Å². The van der Waals surface area contributed by atoms with E-state index in [1.165, 1.54) is 11.8 Å². The molecule has 1 atom stereocenters. The average molecular weight is 200 g/mol. The number of carbonyl (C=O) groups is 1. The lowest BCUT2D eigenvalue weighted by molar-refractivity contribution is -0.136. The molecule has 0 aromatic carbocycles. The van der Waals surface area contributed by atoms with Crippen LogP contribution < -0.4 is 0 Å². The molecular formula is C8H12N2O2S. The highest BCUT2D eigenvalue weighted by Crippen LogP contribution is 2.23. The maximum atomic E-state index is 10.7. The van der Waals surface area contributed by atoms with Gasteiger partial charge in [-0.15, -0.1) is 0 Å². The third-order valence-corrected chi connectivity index (χ3v) is 3.09. The highest BCUT2D eigenvalue weighted by molar-refractivity contribution is 8.00. The number of imidazole rings is 1. The summed E-state index contributed by atoms with van der Waals surface area (Å²) in [6, 6.07) is 0. The Labute approximate surface area is 81.0 Å². The van der Waals surface area contributed by atoms with E-state index < -0.39 is 11.2 Å². The fraction of sp³-hybridized carbons (Fsp3) is 0.500. The van der Waals surface area contributed by atoms with Crippen LogP contribution in [-0.2, 0) is 11.8 Å². The van der Waals surface area contributed by atoms with Gasteiger partial charge in [-0.25, -0.2) is 4.98 Å². The summed E-state index contributed by atoms with van der Waals surface area (Å²) in [5.74, 6) is -0.782. The van der Waals surface area contributed by atoms with Crippen LogP contribution in [0.25, 0.3) is 0 Å². The molecular weight excluding hydrogens is 188 g/mol. The molecule has 0 fully saturated rings. The molecule has 1 heterocycles. The van der Waals surface area contributed by atoms with E-state index in [1.807, 2.05) is 18.5 Å². The van der Waals surface area contributed by atoms with Gasteiger partial charge in [0.2, 0.25) is 0 Å². The summed E-state index contributed by atoms with van der Waals surface area (Å²) in [4.78, 5) is 14.8. The van der Waals surface area contributed by atoms with Crippen molar-refractivity contribution in [2.24, 2.45) is 7.05 Å². The minimum Gasteiger partial charge on any atom is -0.480 e. The van der Waals surface area contributed by atoms with Gasteiger partial charge in [0, 0.05) is 19.4 Å². The van der Waals surface area contributed by atoms with Crippen molar-refractivity contribution < 1.29 is 9.90 Å². The van der Waals surface area contributed by atoms with E-state index in [1.54, 1.807) is 12.4 Å². The van der Waals surface area contributed by atoms with Crippen molar-refractivity contribution in [3.63, 3.8) is 0 Å². The Balaban J connectivity index is 2.67. The molecule has 1 aromatic heterocycles. The smallest absolute Gasteiger partial charge is 0.317 e. The Bertz CT molecular complexity index is 298. The Morgan fingerprint density at radius 1 is 1.85 bits per heavy atom. The second-order valence-electron chi connectivity index (χ2n) is 2.67. The Kier molecular flexibility index (Phi) is 3.36. The zero-order chi connectivity index (χ0) is 9.84. The first-order valence-electron chi connectivity index (χ1n) is 4.02. The zero-order valence-corrected chi connectivity index (χ0v) is 8.41. The van der Waals surface area contributed by atoms with Gasteiger partial charge in [-0.3, -0.25) is 4.79 Å². The largest absolute Gasteiger partial charge is 0.480 e. The van der Waals surface area contributed by atoms with Crippen LogP contribution in [0, 0.1) is 0 Å². The first-order chi connectivity index (χ1) is 6.15. The summed E-state index contributed by atoms with van der Waals surface area (Å²) < 4.78 is 1.82. The van der Waals surface area contributed by atoms with E-state index in [0.717, 1.165) is 5.16 Å². The summed E-state index contributed by atoms with van der Waals surface area (Å²) in [5.41, 5.74) is 0. The fourth-order valence-corrected chi connectivity index (χ4v) is 1.77. The van der Waals surface area contributed by atoms with Crippen LogP contribution in [-0.4, -0.2) is 25.9 Å². The zero-order valence-electron chi connectivity index (χ0n) is 7.60. The number of hydrogen-bond acceptors (Lipinski definition) is 3. The van der Waals surface area contributed by atoms with Gasteiger partial charge in [0.25, 0.3) is 0 Å². The topological polar surface area (TPSA) is 55.1 Å². The van der Waals surface area contributed by atoms with Gasteiger partial charge in [-0.2, -0.15) is 0 Å². The van der Waals surface area contributed by atoms with Gasteiger partial charge in [0.15, 0.2) is 5.16 Å². The van der Waals surface area contributed by atoms with Gasteiger partial charge >= 0.3 is 5.97 Å². The van der Waals surface area contributed by atoms with Gasteiger partial charge < -0.3 is 9.67 Å². The van der Waals surface area contributed by atoms with Crippen LogP contribution in [0.4, 0.5) is 0 Å². The van der Waals surface area contributed by atoms with Crippen molar-refractivity contribution in [1.82, 2.24) is 9.55 Å². The fourth-order valence-electron chi connectivity index (χ4n) is 0.901. The van der Waals surface area contributed by atoms with E-state index in [2.05, 4.69) is 4.98 Å². The number of aryl methyl sites for hydroxylation is 1. The molecule has 1 aromatic rings. The number of nitrogens with zero attached hydrogens (tertiary/aromatic N) is 2. The van der Waals surface area contributed by atoms with Crippen molar-refractivity contribution in [3.8, 4) is 0 Å². The number of aliphatic carboxylic acids is 1. The highest BCUT2D eigenvalue weighted by atomic mass is 32.2. The van der Waals surface area contributed by atoms with E-state index >= 15 is 0 Å². The van der Waals surface area contributed by atoms with E-state index in [-0.39, 0.29) is 0 Å². The summed E-state index contributed by atoms with van der Waals surface area (Å²) in [6.45, 7) is 1.86. The lowest BCUT2D eigenvalue weighted by Gasteiger charge is -2.07. The number of rotatable bonds is 4. The minimum atomic E-state index is -0.782. The van der Waals surface area contributed by atoms with Crippen molar-refractivity contribution in [3.05, 3.63) is 12.4 Å². The molecule has 0 aliphatic carbocycles. The van der Waals surface area contributed by atoms with E-state index in [9.17, 15) is 4.79 Å². The average Bonchev–Trinajstić information content (AvgIpc) is 2.46. The Hall–Kier alpha value is -0.970. The van der Waals surface area contributed by atoms with Crippen LogP contribution in [0.1, 0.15) is 13.3 Å². The second kappa shape index (κ2) is 4.32. The third-order valence-electron chi connectivity index (χ3n) is 1.67. The second-order valence-corrected chi connectivity index (χ2v) is 3.84. The molecule has 0 bridgehead atoms.